The second-order valence-corrected chi connectivity index (χ2v) is 9.44. The lowest BCUT2D eigenvalue weighted by atomic mass is 9.87. The molecule has 0 aliphatic carbocycles. The van der Waals surface area contributed by atoms with Gasteiger partial charge in [0.15, 0.2) is 6.10 Å². The van der Waals surface area contributed by atoms with Gasteiger partial charge in [-0.3, -0.25) is 4.79 Å². The molecule has 190 valence electrons. The van der Waals surface area contributed by atoms with Gasteiger partial charge in [0.05, 0.1) is 11.6 Å². The highest BCUT2D eigenvalue weighted by Crippen LogP contribution is 2.38. The van der Waals surface area contributed by atoms with E-state index in [-0.39, 0.29) is 24.8 Å². The quantitative estimate of drug-likeness (QED) is 0.495. The Hall–Kier alpha value is -3.35. The average Bonchev–Trinajstić information content (AvgIpc) is 3.20. The fourth-order valence-electron chi connectivity index (χ4n) is 5.00. The van der Waals surface area contributed by atoms with Crippen LogP contribution in [0.2, 0.25) is 0 Å². The number of anilines is 1. The fourth-order valence-corrected chi connectivity index (χ4v) is 5.00. The predicted molar refractivity (Wildman–Crippen MR) is 132 cm³/mol. The second kappa shape index (κ2) is 10.3. The number of fused-ring (bicyclic) bond motifs is 1. The molecule has 3 aromatic rings. The van der Waals surface area contributed by atoms with Crippen molar-refractivity contribution in [2.24, 2.45) is 7.05 Å². The molecule has 1 atom stereocenters. The number of hydrogen-bond donors (Lipinski definition) is 2. The molecule has 0 radical (unpaired) electrons. The normalized spacial score (nSPS) is 16.1. The zero-order chi connectivity index (χ0) is 26.0. The van der Waals surface area contributed by atoms with Crippen LogP contribution in [-0.4, -0.2) is 52.4 Å². The van der Waals surface area contributed by atoms with Crippen LogP contribution < -0.4 is 5.32 Å². The van der Waals surface area contributed by atoms with Gasteiger partial charge < -0.3 is 19.9 Å². The van der Waals surface area contributed by atoms with Crippen LogP contribution in [-0.2, 0) is 7.05 Å². The van der Waals surface area contributed by atoms with Crippen LogP contribution in [0.4, 0.5) is 18.9 Å². The third-order valence-corrected chi connectivity index (χ3v) is 7.07. The Morgan fingerprint density at radius 3 is 2.64 bits per heavy atom. The summed E-state index contributed by atoms with van der Waals surface area (Å²) in [5.41, 5.74) is 4.68. The van der Waals surface area contributed by atoms with Gasteiger partial charge in [-0.2, -0.15) is 18.4 Å². The molecule has 6 nitrogen and oxygen atoms in total. The molecule has 0 unspecified atom stereocenters. The molecule has 1 aliphatic rings. The van der Waals surface area contributed by atoms with Crippen LogP contribution in [0.3, 0.4) is 0 Å². The Labute approximate surface area is 207 Å². The number of benzene rings is 2. The van der Waals surface area contributed by atoms with Gasteiger partial charge in [-0.05, 0) is 86.7 Å². The number of hydrogen-bond acceptors (Lipinski definition) is 4. The van der Waals surface area contributed by atoms with Gasteiger partial charge in [0.2, 0.25) is 0 Å². The third kappa shape index (κ3) is 5.40. The summed E-state index contributed by atoms with van der Waals surface area (Å²) in [5, 5.41) is 22.4. The number of carbonyl (C=O) groups is 1. The number of piperidine rings is 1. The van der Waals surface area contributed by atoms with E-state index in [1.807, 2.05) is 37.1 Å². The second-order valence-electron chi connectivity index (χ2n) is 9.44. The maximum absolute atomic E-state index is 12.9. The molecule has 1 amide bonds. The number of likely N-dealkylation sites (tertiary alicyclic amines) is 1. The van der Waals surface area contributed by atoms with Crippen LogP contribution in [0.5, 0.6) is 0 Å². The number of nitriles is 1. The summed E-state index contributed by atoms with van der Waals surface area (Å²) >= 11 is 0. The summed E-state index contributed by atoms with van der Waals surface area (Å²) in [5.74, 6) is -0.0455. The highest BCUT2D eigenvalue weighted by Gasteiger charge is 2.38. The highest BCUT2D eigenvalue weighted by atomic mass is 19.4. The van der Waals surface area contributed by atoms with Crippen molar-refractivity contribution in [1.82, 2.24) is 9.47 Å². The van der Waals surface area contributed by atoms with Gasteiger partial charge in [-0.1, -0.05) is 6.07 Å². The molecule has 1 fully saturated rings. The molecule has 9 heteroatoms. The van der Waals surface area contributed by atoms with Crippen molar-refractivity contribution >= 4 is 22.5 Å². The van der Waals surface area contributed by atoms with Crippen LogP contribution in [0.15, 0.2) is 42.6 Å². The van der Waals surface area contributed by atoms with E-state index in [0.717, 1.165) is 29.3 Å². The number of nitrogens with zero attached hydrogens (tertiary/aromatic N) is 3. The van der Waals surface area contributed by atoms with E-state index >= 15 is 0 Å². The van der Waals surface area contributed by atoms with Gasteiger partial charge in [0, 0.05) is 41.9 Å². The average molecular weight is 499 g/mol. The molecule has 36 heavy (non-hydrogen) atoms. The molecular weight excluding hydrogens is 469 g/mol. The van der Waals surface area contributed by atoms with Crippen LogP contribution in [0.25, 0.3) is 10.9 Å². The molecule has 2 heterocycles. The molecule has 1 aliphatic heterocycles. The van der Waals surface area contributed by atoms with E-state index in [1.165, 1.54) is 5.56 Å². The lowest BCUT2D eigenvalue weighted by Gasteiger charge is -2.32. The lowest BCUT2D eigenvalue weighted by Crippen LogP contribution is -2.38. The van der Waals surface area contributed by atoms with Crippen molar-refractivity contribution in [2.45, 2.75) is 44.4 Å². The Morgan fingerprint density at radius 1 is 1.25 bits per heavy atom. The maximum atomic E-state index is 12.9. The van der Waals surface area contributed by atoms with Crippen LogP contribution in [0, 0.1) is 18.3 Å². The van der Waals surface area contributed by atoms with E-state index in [4.69, 9.17) is 5.26 Å². The Balaban J connectivity index is 1.50. The SMILES string of the molecule is Cc1c(NC(=O)c2cccc(C#N)c2)ccc2c1c(C1CCN(CC[C@@H](O)C(F)(F)F)CC1)cn2C. The van der Waals surface area contributed by atoms with Crippen molar-refractivity contribution in [3.8, 4) is 6.07 Å². The van der Waals surface area contributed by atoms with E-state index in [2.05, 4.69) is 16.1 Å². The number of carbonyl (C=O) groups excluding carboxylic acids is 1. The minimum atomic E-state index is -4.58. The van der Waals surface area contributed by atoms with Crippen molar-refractivity contribution in [2.75, 3.05) is 25.0 Å². The standard InChI is InChI=1S/C27H29F3N4O2/c1-17-22(32-26(36)20-5-3-4-18(14-20)15-31)6-7-23-25(17)21(16-33(23)2)19-8-11-34(12-9-19)13-10-24(35)27(28,29)30/h3-7,14,16,19,24,35H,8-13H2,1-2H3,(H,32,36)/t24-/m1/s1. The molecule has 2 N–H and O–H groups in total. The van der Waals surface area contributed by atoms with Crippen molar-refractivity contribution < 1.29 is 23.1 Å². The monoisotopic (exact) mass is 498 g/mol. The number of halogens is 3. The topological polar surface area (TPSA) is 81.3 Å². The van der Waals surface area contributed by atoms with Gasteiger partial charge in [0.25, 0.3) is 5.91 Å². The zero-order valence-corrected chi connectivity index (χ0v) is 20.3. The van der Waals surface area contributed by atoms with E-state index in [1.54, 1.807) is 24.3 Å². The van der Waals surface area contributed by atoms with E-state index in [0.29, 0.717) is 29.9 Å². The van der Waals surface area contributed by atoms with Gasteiger partial charge in [0.1, 0.15) is 0 Å². The number of aromatic nitrogens is 1. The first kappa shape index (κ1) is 25.7. The summed E-state index contributed by atoms with van der Waals surface area (Å²) in [7, 11) is 1.98. The number of aliphatic hydroxyl groups is 1. The molecule has 0 saturated carbocycles. The van der Waals surface area contributed by atoms with Crippen molar-refractivity contribution in [1.29, 1.82) is 5.26 Å². The summed E-state index contributed by atoms with van der Waals surface area (Å²) in [6.45, 7) is 3.51. The molecule has 0 bridgehead atoms. The molecule has 0 spiro atoms. The van der Waals surface area contributed by atoms with E-state index in [9.17, 15) is 23.1 Å². The first-order valence-corrected chi connectivity index (χ1v) is 12.0. The minimum absolute atomic E-state index is 0.213. The smallest absolute Gasteiger partial charge is 0.384 e. The first-order valence-electron chi connectivity index (χ1n) is 12.0. The number of amides is 1. The Kier molecular flexibility index (Phi) is 7.38. The number of aryl methyl sites for hydroxylation is 2. The largest absolute Gasteiger partial charge is 0.414 e. The molecule has 2 aromatic carbocycles. The van der Waals surface area contributed by atoms with Crippen molar-refractivity contribution in [3.05, 3.63) is 64.8 Å². The van der Waals surface area contributed by atoms with Gasteiger partial charge in [-0.15, -0.1) is 0 Å². The van der Waals surface area contributed by atoms with Crippen LogP contribution in [0.1, 0.15) is 52.2 Å². The summed E-state index contributed by atoms with van der Waals surface area (Å²) in [6.07, 6.45) is -3.47. The number of nitrogens with one attached hydrogen (secondary N) is 1. The lowest BCUT2D eigenvalue weighted by molar-refractivity contribution is -0.206. The Bertz CT molecular complexity index is 1300. The number of alkyl halides is 3. The summed E-state index contributed by atoms with van der Waals surface area (Å²) in [6, 6.07) is 12.4. The molecular formula is C27H29F3N4O2. The summed E-state index contributed by atoms with van der Waals surface area (Å²) in [4.78, 5) is 14.8. The predicted octanol–water partition coefficient (Wildman–Crippen LogP) is 5.10. The highest BCUT2D eigenvalue weighted by molar-refractivity contribution is 6.06. The van der Waals surface area contributed by atoms with Crippen molar-refractivity contribution in [3.63, 3.8) is 0 Å². The maximum Gasteiger partial charge on any atom is 0.414 e. The molecule has 4 rings (SSSR count). The number of rotatable bonds is 6. The molecule has 1 aromatic heterocycles. The fraction of sp³-hybridized carbons (Fsp3) is 0.407. The zero-order valence-electron chi connectivity index (χ0n) is 20.3. The third-order valence-electron chi connectivity index (χ3n) is 7.07. The van der Waals surface area contributed by atoms with Crippen LogP contribution >= 0.6 is 0 Å². The first-order chi connectivity index (χ1) is 17.1. The molecule has 1 saturated heterocycles. The number of aliphatic hydroxyl groups excluding tert-OH is 1. The van der Waals surface area contributed by atoms with E-state index < -0.39 is 12.3 Å². The minimum Gasteiger partial charge on any atom is -0.384 e. The summed E-state index contributed by atoms with van der Waals surface area (Å²) < 4.78 is 39.9. The van der Waals surface area contributed by atoms with Gasteiger partial charge >= 0.3 is 6.18 Å². The van der Waals surface area contributed by atoms with Gasteiger partial charge in [-0.25, -0.2) is 0 Å². The Morgan fingerprint density at radius 2 is 1.97 bits per heavy atom.